The summed E-state index contributed by atoms with van der Waals surface area (Å²) in [5.74, 6) is 1.23. The van der Waals surface area contributed by atoms with Crippen LogP contribution in [-0.2, 0) is 17.9 Å². The van der Waals surface area contributed by atoms with Crippen molar-refractivity contribution >= 4 is 29.9 Å². The van der Waals surface area contributed by atoms with Gasteiger partial charge in [0.2, 0.25) is 0 Å². The molecular weight excluding hydrogens is 443 g/mol. The van der Waals surface area contributed by atoms with E-state index in [4.69, 9.17) is 15.2 Å². The summed E-state index contributed by atoms with van der Waals surface area (Å²) in [6, 6.07) is 13.6. The number of rotatable bonds is 10. The quantitative estimate of drug-likeness (QED) is 0.242. The molecule has 0 bridgehead atoms. The summed E-state index contributed by atoms with van der Waals surface area (Å²) in [5.41, 5.74) is 7.80. The Bertz CT molecular complexity index is 653. The van der Waals surface area contributed by atoms with Crippen LogP contribution in [0.25, 0.3) is 0 Å². The molecular formula is C19H27IN4O2. The highest BCUT2D eigenvalue weighted by molar-refractivity contribution is 14.0. The standard InChI is InChI=1S/C19H26N4O2.HI/c1-2-24-12-6-11-22-19(20)23-14-16-7-5-9-18(13-16)25-15-17-8-3-4-10-21-17;/h3-5,7-10,13H,2,6,11-12,14-15H2,1H3,(H3,20,22,23);1H. The first-order valence-corrected chi connectivity index (χ1v) is 8.51. The summed E-state index contributed by atoms with van der Waals surface area (Å²) in [6.45, 7) is 5.15. The van der Waals surface area contributed by atoms with Gasteiger partial charge < -0.3 is 20.5 Å². The van der Waals surface area contributed by atoms with E-state index >= 15 is 0 Å². The molecule has 6 nitrogen and oxygen atoms in total. The molecule has 1 heterocycles. The summed E-state index contributed by atoms with van der Waals surface area (Å²) < 4.78 is 11.0. The second-order valence-corrected chi connectivity index (χ2v) is 5.44. The van der Waals surface area contributed by atoms with Gasteiger partial charge in [0, 0.05) is 26.0 Å². The minimum atomic E-state index is 0. The van der Waals surface area contributed by atoms with E-state index in [1.165, 1.54) is 0 Å². The zero-order valence-electron chi connectivity index (χ0n) is 15.1. The molecule has 0 aliphatic carbocycles. The first-order valence-electron chi connectivity index (χ1n) is 8.51. The van der Waals surface area contributed by atoms with Crippen molar-refractivity contribution in [2.75, 3.05) is 19.8 Å². The van der Waals surface area contributed by atoms with Crippen LogP contribution in [0.2, 0.25) is 0 Å². The molecule has 0 fully saturated rings. The Morgan fingerprint density at radius 2 is 2.12 bits per heavy atom. The highest BCUT2D eigenvalue weighted by atomic mass is 127. The largest absolute Gasteiger partial charge is 0.487 e. The average Bonchev–Trinajstić information content (AvgIpc) is 2.66. The molecule has 2 rings (SSSR count). The summed E-state index contributed by atoms with van der Waals surface area (Å²) in [4.78, 5) is 8.59. The van der Waals surface area contributed by atoms with Gasteiger partial charge in [0.1, 0.15) is 12.4 Å². The van der Waals surface area contributed by atoms with E-state index in [-0.39, 0.29) is 24.0 Å². The summed E-state index contributed by atoms with van der Waals surface area (Å²) >= 11 is 0. The van der Waals surface area contributed by atoms with E-state index in [0.29, 0.717) is 19.1 Å². The lowest BCUT2D eigenvalue weighted by molar-refractivity contribution is 0.145. The number of pyridine rings is 1. The SMILES string of the molecule is CCOCCCNC(N)=NCc1cccc(OCc2ccccn2)c1.I. The van der Waals surface area contributed by atoms with Gasteiger partial charge in [0.05, 0.1) is 12.2 Å². The summed E-state index contributed by atoms with van der Waals surface area (Å²) in [7, 11) is 0. The van der Waals surface area contributed by atoms with E-state index in [1.807, 2.05) is 49.4 Å². The third kappa shape index (κ3) is 9.00. The Labute approximate surface area is 172 Å². The highest BCUT2D eigenvalue weighted by Crippen LogP contribution is 2.15. The molecule has 1 aromatic heterocycles. The first-order chi connectivity index (χ1) is 12.3. The monoisotopic (exact) mass is 470 g/mol. The zero-order chi connectivity index (χ0) is 17.7. The van der Waals surface area contributed by atoms with Crippen LogP contribution in [0.15, 0.2) is 53.7 Å². The van der Waals surface area contributed by atoms with Crippen molar-refractivity contribution < 1.29 is 9.47 Å². The molecule has 0 saturated carbocycles. The van der Waals surface area contributed by atoms with Crippen LogP contribution in [0.4, 0.5) is 0 Å². The van der Waals surface area contributed by atoms with Gasteiger partial charge in [-0.25, -0.2) is 4.99 Å². The number of hydrogen-bond acceptors (Lipinski definition) is 4. The van der Waals surface area contributed by atoms with E-state index < -0.39 is 0 Å². The lowest BCUT2D eigenvalue weighted by Crippen LogP contribution is -2.32. The zero-order valence-corrected chi connectivity index (χ0v) is 17.4. The molecule has 0 amide bonds. The molecule has 1 aromatic carbocycles. The van der Waals surface area contributed by atoms with E-state index in [2.05, 4.69) is 15.3 Å². The van der Waals surface area contributed by atoms with Gasteiger partial charge in [-0.05, 0) is 43.2 Å². The van der Waals surface area contributed by atoms with Gasteiger partial charge in [-0.2, -0.15) is 0 Å². The second-order valence-electron chi connectivity index (χ2n) is 5.44. The van der Waals surface area contributed by atoms with Gasteiger partial charge in [0.25, 0.3) is 0 Å². The maximum Gasteiger partial charge on any atom is 0.188 e. The average molecular weight is 470 g/mol. The van der Waals surface area contributed by atoms with Gasteiger partial charge in [-0.3, -0.25) is 4.98 Å². The Hall–Kier alpha value is -1.87. The Balaban J connectivity index is 0.00000338. The van der Waals surface area contributed by atoms with Gasteiger partial charge in [0.15, 0.2) is 5.96 Å². The number of nitrogens with one attached hydrogen (secondary N) is 1. The van der Waals surface area contributed by atoms with Crippen LogP contribution in [0.3, 0.4) is 0 Å². The van der Waals surface area contributed by atoms with Crippen molar-refractivity contribution in [2.24, 2.45) is 10.7 Å². The van der Waals surface area contributed by atoms with Gasteiger partial charge >= 0.3 is 0 Å². The van der Waals surface area contributed by atoms with Crippen LogP contribution in [0, 0.1) is 0 Å². The molecule has 26 heavy (non-hydrogen) atoms. The predicted octanol–water partition coefficient (Wildman–Crippen LogP) is 3.11. The number of aliphatic imine (C=N–C) groups is 1. The maximum absolute atomic E-state index is 5.87. The Kier molecular flexibility index (Phi) is 11.4. The van der Waals surface area contributed by atoms with E-state index in [0.717, 1.165) is 43.2 Å². The number of aromatic nitrogens is 1. The number of benzene rings is 1. The van der Waals surface area contributed by atoms with Gasteiger partial charge in [-0.15, -0.1) is 24.0 Å². The number of hydrogen-bond donors (Lipinski definition) is 2. The summed E-state index contributed by atoms with van der Waals surface area (Å²) in [6.07, 6.45) is 2.66. The molecule has 142 valence electrons. The molecule has 0 aliphatic heterocycles. The third-order valence-electron chi connectivity index (χ3n) is 3.42. The van der Waals surface area contributed by atoms with Crippen LogP contribution in [0.5, 0.6) is 5.75 Å². The fourth-order valence-electron chi connectivity index (χ4n) is 2.14. The molecule has 2 aromatic rings. The molecule has 0 saturated heterocycles. The fraction of sp³-hybridized carbons (Fsp3) is 0.368. The van der Waals surface area contributed by atoms with Crippen molar-refractivity contribution in [1.29, 1.82) is 0 Å². The number of nitrogens with zero attached hydrogens (tertiary/aromatic N) is 2. The smallest absolute Gasteiger partial charge is 0.188 e. The molecule has 7 heteroatoms. The van der Waals surface area contributed by atoms with Crippen LogP contribution >= 0.6 is 24.0 Å². The summed E-state index contributed by atoms with van der Waals surface area (Å²) in [5, 5.41) is 3.08. The first kappa shape index (κ1) is 22.2. The van der Waals surface area contributed by atoms with Crippen molar-refractivity contribution in [3.8, 4) is 5.75 Å². The molecule has 0 spiro atoms. The Morgan fingerprint density at radius 1 is 1.23 bits per heavy atom. The van der Waals surface area contributed by atoms with Crippen molar-refractivity contribution in [3.05, 3.63) is 59.9 Å². The van der Waals surface area contributed by atoms with E-state index in [9.17, 15) is 0 Å². The minimum Gasteiger partial charge on any atom is -0.487 e. The normalized spacial score (nSPS) is 10.9. The lowest BCUT2D eigenvalue weighted by atomic mass is 10.2. The highest BCUT2D eigenvalue weighted by Gasteiger charge is 1.99. The lowest BCUT2D eigenvalue weighted by Gasteiger charge is -2.08. The molecule has 0 atom stereocenters. The predicted molar refractivity (Wildman–Crippen MR) is 115 cm³/mol. The number of ether oxygens (including phenoxy) is 2. The minimum absolute atomic E-state index is 0. The number of nitrogens with two attached hydrogens (primary N) is 1. The molecule has 3 N–H and O–H groups in total. The molecule has 0 aliphatic rings. The molecule has 0 unspecified atom stereocenters. The van der Waals surface area contributed by atoms with Crippen LogP contribution in [-0.4, -0.2) is 30.7 Å². The fourth-order valence-corrected chi connectivity index (χ4v) is 2.14. The maximum atomic E-state index is 5.87. The van der Waals surface area contributed by atoms with Crippen molar-refractivity contribution in [2.45, 2.75) is 26.5 Å². The van der Waals surface area contributed by atoms with Crippen LogP contribution in [0.1, 0.15) is 24.6 Å². The number of guanidine groups is 1. The molecule has 0 radical (unpaired) electrons. The van der Waals surface area contributed by atoms with E-state index in [1.54, 1.807) is 6.20 Å². The van der Waals surface area contributed by atoms with Crippen molar-refractivity contribution in [1.82, 2.24) is 10.3 Å². The topological polar surface area (TPSA) is 81.8 Å². The Morgan fingerprint density at radius 3 is 2.88 bits per heavy atom. The third-order valence-corrected chi connectivity index (χ3v) is 3.42. The van der Waals surface area contributed by atoms with Crippen molar-refractivity contribution in [3.63, 3.8) is 0 Å². The van der Waals surface area contributed by atoms with Crippen LogP contribution < -0.4 is 15.8 Å². The second kappa shape index (κ2) is 13.3. The number of halogens is 1. The van der Waals surface area contributed by atoms with Gasteiger partial charge in [-0.1, -0.05) is 18.2 Å².